The smallest absolute Gasteiger partial charge is 0.379 e. The maximum atomic E-state index is 11.4. The summed E-state index contributed by atoms with van der Waals surface area (Å²) >= 11 is 1.52. The summed E-state index contributed by atoms with van der Waals surface area (Å²) in [6, 6.07) is 6.88. The minimum atomic E-state index is -0.830. The number of carbonyl (C=O) groups excluding carboxylic acids is 2. The molecule has 0 heterocycles. The Hall–Kier alpha value is -1.29. The van der Waals surface area contributed by atoms with E-state index in [9.17, 15) is 9.59 Å². The van der Waals surface area contributed by atoms with Crippen LogP contribution in [0.15, 0.2) is 29.2 Å². The monoisotopic (exact) mass is 210 g/mol. The van der Waals surface area contributed by atoms with Gasteiger partial charge in [0.2, 0.25) is 0 Å². The van der Waals surface area contributed by atoms with Gasteiger partial charge in [0.25, 0.3) is 5.78 Å². The third kappa shape index (κ3) is 2.35. The van der Waals surface area contributed by atoms with E-state index in [4.69, 9.17) is 0 Å². The predicted molar refractivity (Wildman–Crippen MR) is 54.6 cm³/mol. The van der Waals surface area contributed by atoms with Crippen molar-refractivity contribution >= 4 is 23.5 Å². The molecule has 3 nitrogen and oxygen atoms in total. The number of rotatable bonds is 3. The van der Waals surface area contributed by atoms with Crippen LogP contribution in [0.2, 0.25) is 0 Å². The molecule has 0 bridgehead atoms. The highest BCUT2D eigenvalue weighted by atomic mass is 32.2. The van der Waals surface area contributed by atoms with Crippen molar-refractivity contribution in [2.45, 2.75) is 4.90 Å². The summed E-state index contributed by atoms with van der Waals surface area (Å²) in [6.45, 7) is 0. The van der Waals surface area contributed by atoms with Gasteiger partial charge in [-0.3, -0.25) is 4.79 Å². The zero-order valence-electron chi connectivity index (χ0n) is 7.94. The van der Waals surface area contributed by atoms with E-state index in [2.05, 4.69) is 4.74 Å². The van der Waals surface area contributed by atoms with E-state index >= 15 is 0 Å². The number of hydrogen-bond acceptors (Lipinski definition) is 4. The van der Waals surface area contributed by atoms with Gasteiger partial charge in [-0.2, -0.15) is 0 Å². The SMILES string of the molecule is COC(=O)C(=O)c1cccc(SC)c1. The van der Waals surface area contributed by atoms with Crippen LogP contribution in [0.4, 0.5) is 0 Å². The number of hydrogen-bond donors (Lipinski definition) is 0. The summed E-state index contributed by atoms with van der Waals surface area (Å²) in [5.41, 5.74) is 0.365. The molecular weight excluding hydrogens is 200 g/mol. The fraction of sp³-hybridized carbons (Fsp3) is 0.200. The van der Waals surface area contributed by atoms with E-state index in [0.717, 1.165) is 4.90 Å². The molecule has 1 rings (SSSR count). The summed E-state index contributed by atoms with van der Waals surface area (Å²) < 4.78 is 4.34. The summed E-state index contributed by atoms with van der Waals surface area (Å²) in [6.07, 6.45) is 1.90. The number of benzene rings is 1. The van der Waals surface area contributed by atoms with Crippen molar-refractivity contribution in [3.05, 3.63) is 29.8 Å². The number of Topliss-reactive ketones (excluding diaryl/α,β-unsaturated/α-hetero) is 1. The van der Waals surface area contributed by atoms with Crippen molar-refractivity contribution in [2.75, 3.05) is 13.4 Å². The molecule has 0 N–H and O–H groups in total. The quantitative estimate of drug-likeness (QED) is 0.330. The topological polar surface area (TPSA) is 43.4 Å². The van der Waals surface area contributed by atoms with Crippen LogP contribution in [-0.2, 0) is 9.53 Å². The Labute approximate surface area is 86.5 Å². The molecule has 4 heteroatoms. The Morgan fingerprint density at radius 1 is 1.36 bits per heavy atom. The van der Waals surface area contributed by atoms with E-state index < -0.39 is 11.8 Å². The average Bonchev–Trinajstić information content (AvgIpc) is 2.27. The molecule has 0 aliphatic heterocycles. The maximum Gasteiger partial charge on any atom is 0.379 e. The molecule has 0 fully saturated rings. The highest BCUT2D eigenvalue weighted by molar-refractivity contribution is 7.98. The fourth-order valence-electron chi connectivity index (χ4n) is 0.975. The van der Waals surface area contributed by atoms with Crippen LogP contribution in [0.25, 0.3) is 0 Å². The van der Waals surface area contributed by atoms with Crippen molar-refractivity contribution in [3.63, 3.8) is 0 Å². The molecule has 0 aliphatic carbocycles. The van der Waals surface area contributed by atoms with Crippen LogP contribution in [-0.4, -0.2) is 25.1 Å². The molecule has 0 aromatic heterocycles. The Balaban J connectivity index is 2.95. The first kappa shape index (κ1) is 10.8. The van der Waals surface area contributed by atoms with Crippen LogP contribution >= 0.6 is 11.8 Å². The van der Waals surface area contributed by atoms with E-state index in [0.29, 0.717) is 5.56 Å². The maximum absolute atomic E-state index is 11.4. The number of thioether (sulfide) groups is 1. The van der Waals surface area contributed by atoms with Crippen molar-refractivity contribution in [3.8, 4) is 0 Å². The van der Waals surface area contributed by atoms with Crippen molar-refractivity contribution in [2.24, 2.45) is 0 Å². The molecule has 0 radical (unpaired) electrons. The fourth-order valence-corrected chi connectivity index (χ4v) is 1.43. The first-order valence-electron chi connectivity index (χ1n) is 3.95. The van der Waals surface area contributed by atoms with E-state index in [1.807, 2.05) is 12.3 Å². The van der Waals surface area contributed by atoms with Gasteiger partial charge >= 0.3 is 5.97 Å². The number of ketones is 1. The Bertz CT molecular complexity index is 360. The van der Waals surface area contributed by atoms with Crippen molar-refractivity contribution in [1.82, 2.24) is 0 Å². The summed E-state index contributed by atoms with van der Waals surface area (Å²) in [5.74, 6) is -1.44. The van der Waals surface area contributed by atoms with Gasteiger partial charge in [0, 0.05) is 10.5 Å². The molecule has 0 atom stereocenters. The molecule has 0 unspecified atom stereocenters. The summed E-state index contributed by atoms with van der Waals surface area (Å²) in [7, 11) is 1.19. The van der Waals surface area contributed by atoms with Crippen molar-refractivity contribution in [1.29, 1.82) is 0 Å². The second-order valence-corrected chi connectivity index (χ2v) is 3.43. The molecule has 0 aliphatic rings. The molecule has 74 valence electrons. The average molecular weight is 210 g/mol. The highest BCUT2D eigenvalue weighted by Gasteiger charge is 2.16. The van der Waals surface area contributed by atoms with Gasteiger partial charge in [-0.15, -0.1) is 11.8 Å². The molecule has 0 amide bonds. The lowest BCUT2D eigenvalue weighted by Gasteiger charge is -2.00. The van der Waals surface area contributed by atoms with Gasteiger partial charge in [0.1, 0.15) is 0 Å². The lowest BCUT2D eigenvalue weighted by molar-refractivity contribution is -0.135. The largest absolute Gasteiger partial charge is 0.463 e. The summed E-state index contributed by atoms with van der Waals surface area (Å²) in [5, 5.41) is 0. The van der Waals surface area contributed by atoms with Gasteiger partial charge in [0.05, 0.1) is 7.11 Å². The van der Waals surface area contributed by atoms with Gasteiger partial charge in [-0.1, -0.05) is 12.1 Å². The van der Waals surface area contributed by atoms with E-state index in [-0.39, 0.29) is 0 Å². The zero-order chi connectivity index (χ0) is 10.6. The molecule has 0 saturated heterocycles. The third-order valence-corrected chi connectivity index (χ3v) is 2.43. The molecule has 1 aromatic carbocycles. The number of carbonyl (C=O) groups is 2. The minimum Gasteiger partial charge on any atom is -0.463 e. The highest BCUT2D eigenvalue weighted by Crippen LogP contribution is 2.16. The van der Waals surface area contributed by atoms with E-state index in [1.165, 1.54) is 18.9 Å². The van der Waals surface area contributed by atoms with Crippen LogP contribution in [0.3, 0.4) is 0 Å². The van der Waals surface area contributed by atoms with Crippen LogP contribution in [0, 0.1) is 0 Å². The molecule has 14 heavy (non-hydrogen) atoms. The van der Waals surface area contributed by atoms with Gasteiger partial charge in [-0.05, 0) is 18.4 Å². The molecular formula is C10H10O3S. The number of ether oxygens (including phenoxy) is 1. The second-order valence-electron chi connectivity index (χ2n) is 2.55. The van der Waals surface area contributed by atoms with Crippen LogP contribution < -0.4 is 0 Å². The normalized spacial score (nSPS) is 9.57. The minimum absolute atomic E-state index is 0.365. The number of methoxy groups -OCH3 is 1. The second kappa shape index (κ2) is 4.81. The molecule has 0 saturated carbocycles. The molecule has 0 spiro atoms. The summed E-state index contributed by atoms with van der Waals surface area (Å²) in [4.78, 5) is 23.2. The van der Waals surface area contributed by atoms with E-state index in [1.54, 1.807) is 18.2 Å². The van der Waals surface area contributed by atoms with Gasteiger partial charge in [0.15, 0.2) is 0 Å². The first-order chi connectivity index (χ1) is 6.69. The van der Waals surface area contributed by atoms with Gasteiger partial charge < -0.3 is 4.74 Å². The van der Waals surface area contributed by atoms with Gasteiger partial charge in [-0.25, -0.2) is 4.79 Å². The van der Waals surface area contributed by atoms with Crippen LogP contribution in [0.1, 0.15) is 10.4 Å². The first-order valence-corrected chi connectivity index (χ1v) is 5.18. The standard InChI is InChI=1S/C10H10O3S/c1-13-10(12)9(11)7-4-3-5-8(6-7)14-2/h3-6H,1-2H3. The molecule has 1 aromatic rings. The Morgan fingerprint density at radius 3 is 2.64 bits per heavy atom. The Morgan fingerprint density at radius 2 is 2.07 bits per heavy atom. The predicted octanol–water partition coefficient (Wildman–Crippen LogP) is 1.76. The number of esters is 1. The Kier molecular flexibility index (Phi) is 3.71. The third-order valence-electron chi connectivity index (χ3n) is 1.70. The van der Waals surface area contributed by atoms with Crippen LogP contribution in [0.5, 0.6) is 0 Å². The van der Waals surface area contributed by atoms with Crippen molar-refractivity contribution < 1.29 is 14.3 Å². The lowest BCUT2D eigenvalue weighted by Crippen LogP contribution is -2.15. The lowest BCUT2D eigenvalue weighted by atomic mass is 10.1. The zero-order valence-corrected chi connectivity index (χ0v) is 8.76.